The SMILES string of the molecule is c1ccc(CN2CCCC(N3CC4CC4C3)C2)cc1. The molecule has 2 saturated heterocycles. The number of nitrogens with zero attached hydrogens (tertiary/aromatic N) is 2. The van der Waals surface area contributed by atoms with Crippen molar-refractivity contribution in [3.05, 3.63) is 35.9 Å². The van der Waals surface area contributed by atoms with Gasteiger partial charge in [-0.3, -0.25) is 9.80 Å². The second kappa shape index (κ2) is 4.92. The molecule has 2 heterocycles. The average Bonchev–Trinajstić information content (AvgIpc) is 3.07. The molecule has 2 nitrogen and oxygen atoms in total. The van der Waals surface area contributed by atoms with Crippen molar-refractivity contribution in [3.8, 4) is 0 Å². The molecule has 2 heteroatoms. The molecule has 0 bridgehead atoms. The zero-order valence-corrected chi connectivity index (χ0v) is 11.7. The topological polar surface area (TPSA) is 6.48 Å². The average molecular weight is 256 g/mol. The molecule has 19 heavy (non-hydrogen) atoms. The van der Waals surface area contributed by atoms with Crippen molar-refractivity contribution in [2.45, 2.75) is 31.8 Å². The molecule has 0 amide bonds. The number of likely N-dealkylation sites (tertiary alicyclic amines) is 2. The number of benzene rings is 1. The van der Waals surface area contributed by atoms with Crippen LogP contribution >= 0.6 is 0 Å². The quantitative estimate of drug-likeness (QED) is 0.820. The lowest BCUT2D eigenvalue weighted by atomic mass is 10.0. The summed E-state index contributed by atoms with van der Waals surface area (Å²) in [7, 11) is 0. The predicted octanol–water partition coefficient (Wildman–Crippen LogP) is 2.60. The fourth-order valence-corrected chi connectivity index (χ4v) is 4.05. The van der Waals surface area contributed by atoms with E-state index in [9.17, 15) is 0 Å². The minimum Gasteiger partial charge on any atom is -0.299 e. The molecule has 102 valence electrons. The lowest BCUT2D eigenvalue weighted by molar-refractivity contribution is 0.102. The monoisotopic (exact) mass is 256 g/mol. The second-order valence-electron chi connectivity index (χ2n) is 6.73. The van der Waals surface area contributed by atoms with Gasteiger partial charge in [-0.15, -0.1) is 0 Å². The molecular formula is C17H24N2. The van der Waals surface area contributed by atoms with E-state index in [1.807, 2.05) is 0 Å². The van der Waals surface area contributed by atoms with E-state index in [0.717, 1.165) is 24.4 Å². The van der Waals surface area contributed by atoms with Crippen molar-refractivity contribution in [2.75, 3.05) is 26.2 Å². The van der Waals surface area contributed by atoms with Gasteiger partial charge in [-0.25, -0.2) is 0 Å². The summed E-state index contributed by atoms with van der Waals surface area (Å²) in [6.07, 6.45) is 4.32. The third-order valence-electron chi connectivity index (χ3n) is 5.25. The third-order valence-corrected chi connectivity index (χ3v) is 5.25. The van der Waals surface area contributed by atoms with Crippen LogP contribution in [0.25, 0.3) is 0 Å². The van der Waals surface area contributed by atoms with E-state index in [4.69, 9.17) is 0 Å². The van der Waals surface area contributed by atoms with Gasteiger partial charge in [0.05, 0.1) is 0 Å². The van der Waals surface area contributed by atoms with Crippen LogP contribution in [0.1, 0.15) is 24.8 Å². The normalized spacial score (nSPS) is 35.3. The van der Waals surface area contributed by atoms with Crippen LogP contribution in [-0.2, 0) is 6.54 Å². The zero-order chi connectivity index (χ0) is 12.7. The van der Waals surface area contributed by atoms with Crippen LogP contribution < -0.4 is 0 Å². The standard InChI is InChI=1S/C17H24N2/c1-2-5-14(6-3-1)10-18-8-4-7-17(13-18)19-11-15-9-16(15)12-19/h1-3,5-6,15-17H,4,7-13H2. The van der Waals surface area contributed by atoms with Crippen LogP contribution in [0.3, 0.4) is 0 Å². The van der Waals surface area contributed by atoms with E-state index in [-0.39, 0.29) is 0 Å². The first kappa shape index (κ1) is 11.9. The van der Waals surface area contributed by atoms with E-state index in [2.05, 4.69) is 40.1 Å². The van der Waals surface area contributed by atoms with Gasteiger partial charge in [0.2, 0.25) is 0 Å². The highest BCUT2D eigenvalue weighted by Crippen LogP contribution is 2.46. The van der Waals surface area contributed by atoms with Crippen LogP contribution in [0, 0.1) is 11.8 Å². The summed E-state index contributed by atoms with van der Waals surface area (Å²) in [6.45, 7) is 6.50. The fourth-order valence-electron chi connectivity index (χ4n) is 4.05. The summed E-state index contributed by atoms with van der Waals surface area (Å²) < 4.78 is 0. The van der Waals surface area contributed by atoms with E-state index < -0.39 is 0 Å². The summed E-state index contributed by atoms with van der Waals surface area (Å²) in [5, 5.41) is 0. The highest BCUT2D eigenvalue weighted by molar-refractivity contribution is 5.14. The summed E-state index contributed by atoms with van der Waals surface area (Å²) in [5.74, 6) is 2.15. The van der Waals surface area contributed by atoms with E-state index in [1.54, 1.807) is 0 Å². The summed E-state index contributed by atoms with van der Waals surface area (Å²) in [5.41, 5.74) is 1.47. The van der Waals surface area contributed by atoms with Crippen molar-refractivity contribution in [1.82, 2.24) is 9.80 Å². The van der Waals surface area contributed by atoms with Crippen LogP contribution in [0.15, 0.2) is 30.3 Å². The lowest BCUT2D eigenvalue weighted by Crippen LogP contribution is -2.47. The molecule has 1 aliphatic carbocycles. The molecule has 3 aliphatic rings. The Labute approximate surface area is 116 Å². The molecule has 3 fully saturated rings. The largest absolute Gasteiger partial charge is 0.299 e. The summed E-state index contributed by atoms with van der Waals surface area (Å²) in [6, 6.07) is 11.8. The molecular weight excluding hydrogens is 232 g/mol. The minimum absolute atomic E-state index is 0.838. The van der Waals surface area contributed by atoms with Gasteiger partial charge in [0.25, 0.3) is 0 Å². The van der Waals surface area contributed by atoms with Crippen LogP contribution in [0.2, 0.25) is 0 Å². The van der Waals surface area contributed by atoms with Gasteiger partial charge in [-0.1, -0.05) is 30.3 Å². The minimum atomic E-state index is 0.838. The fraction of sp³-hybridized carbons (Fsp3) is 0.647. The molecule has 2 aliphatic heterocycles. The number of piperidine rings is 2. The molecule has 1 aromatic rings. The first-order valence-electron chi connectivity index (χ1n) is 7.89. The Morgan fingerprint density at radius 3 is 2.58 bits per heavy atom. The van der Waals surface area contributed by atoms with Gasteiger partial charge in [-0.05, 0) is 43.2 Å². The van der Waals surface area contributed by atoms with Crippen molar-refractivity contribution in [1.29, 1.82) is 0 Å². The van der Waals surface area contributed by atoms with Gasteiger partial charge >= 0.3 is 0 Å². The van der Waals surface area contributed by atoms with Crippen LogP contribution in [-0.4, -0.2) is 42.0 Å². The predicted molar refractivity (Wildman–Crippen MR) is 77.9 cm³/mol. The zero-order valence-electron chi connectivity index (χ0n) is 11.7. The van der Waals surface area contributed by atoms with Crippen LogP contribution in [0.4, 0.5) is 0 Å². The first-order valence-corrected chi connectivity index (χ1v) is 7.89. The Balaban J connectivity index is 1.35. The maximum atomic E-state index is 2.79. The maximum Gasteiger partial charge on any atom is 0.0234 e. The van der Waals surface area contributed by atoms with Crippen molar-refractivity contribution < 1.29 is 0 Å². The van der Waals surface area contributed by atoms with E-state index in [0.29, 0.717) is 0 Å². The molecule has 1 aromatic carbocycles. The Kier molecular flexibility index (Phi) is 3.08. The maximum absolute atomic E-state index is 2.79. The van der Waals surface area contributed by atoms with E-state index in [1.165, 1.54) is 51.0 Å². The number of fused-ring (bicyclic) bond motifs is 1. The molecule has 0 N–H and O–H groups in total. The van der Waals surface area contributed by atoms with Gasteiger partial charge in [0.1, 0.15) is 0 Å². The Morgan fingerprint density at radius 1 is 1.00 bits per heavy atom. The highest BCUT2D eigenvalue weighted by atomic mass is 15.3. The summed E-state index contributed by atoms with van der Waals surface area (Å²) >= 11 is 0. The molecule has 4 rings (SSSR count). The molecule has 0 radical (unpaired) electrons. The number of hydrogen-bond acceptors (Lipinski definition) is 2. The van der Waals surface area contributed by atoms with Crippen LogP contribution in [0.5, 0.6) is 0 Å². The first-order chi connectivity index (χ1) is 9.38. The van der Waals surface area contributed by atoms with Crippen molar-refractivity contribution in [2.24, 2.45) is 11.8 Å². The molecule has 0 aromatic heterocycles. The highest BCUT2D eigenvalue weighted by Gasteiger charge is 2.47. The van der Waals surface area contributed by atoms with Gasteiger partial charge < -0.3 is 0 Å². The van der Waals surface area contributed by atoms with Crippen molar-refractivity contribution in [3.63, 3.8) is 0 Å². The third kappa shape index (κ3) is 2.56. The lowest BCUT2D eigenvalue weighted by Gasteiger charge is -2.38. The Bertz CT molecular complexity index is 420. The van der Waals surface area contributed by atoms with Gasteiger partial charge in [0, 0.05) is 32.2 Å². The van der Waals surface area contributed by atoms with E-state index >= 15 is 0 Å². The molecule has 1 saturated carbocycles. The van der Waals surface area contributed by atoms with Gasteiger partial charge in [0.15, 0.2) is 0 Å². The smallest absolute Gasteiger partial charge is 0.0234 e. The molecule has 3 atom stereocenters. The number of rotatable bonds is 3. The Morgan fingerprint density at radius 2 is 1.79 bits per heavy atom. The Hall–Kier alpha value is -0.860. The number of hydrogen-bond donors (Lipinski definition) is 0. The molecule has 0 spiro atoms. The summed E-state index contributed by atoms with van der Waals surface area (Å²) in [4.78, 5) is 5.45. The second-order valence-corrected chi connectivity index (χ2v) is 6.73. The molecule has 3 unspecified atom stereocenters. The van der Waals surface area contributed by atoms with Gasteiger partial charge in [-0.2, -0.15) is 0 Å². The van der Waals surface area contributed by atoms with Crippen molar-refractivity contribution >= 4 is 0 Å².